The van der Waals surface area contributed by atoms with Crippen LogP contribution in [-0.2, 0) is 6.54 Å². The summed E-state index contributed by atoms with van der Waals surface area (Å²) in [4.78, 5) is 2.27. The van der Waals surface area contributed by atoms with Crippen molar-refractivity contribution < 1.29 is 0 Å². The van der Waals surface area contributed by atoms with E-state index < -0.39 is 0 Å². The van der Waals surface area contributed by atoms with E-state index in [1.807, 2.05) is 0 Å². The van der Waals surface area contributed by atoms with Crippen molar-refractivity contribution >= 4 is 0 Å². The molecule has 17 heavy (non-hydrogen) atoms. The summed E-state index contributed by atoms with van der Waals surface area (Å²) in [5, 5.41) is 6.97. The van der Waals surface area contributed by atoms with Crippen LogP contribution >= 0.6 is 0 Å². The molecule has 1 saturated heterocycles. The van der Waals surface area contributed by atoms with Gasteiger partial charge in [0.2, 0.25) is 0 Å². The van der Waals surface area contributed by atoms with Crippen molar-refractivity contribution in [3.05, 3.63) is 35.9 Å². The average Bonchev–Trinajstić information content (AvgIpc) is 2.27. The third-order valence-corrected chi connectivity index (χ3v) is 3.46. The van der Waals surface area contributed by atoms with Crippen molar-refractivity contribution in [2.45, 2.75) is 19.1 Å². The summed E-state index contributed by atoms with van der Waals surface area (Å²) in [5.74, 6) is 0.799. The molecule has 1 aromatic carbocycles. The van der Waals surface area contributed by atoms with Gasteiger partial charge in [-0.3, -0.25) is 4.90 Å². The number of nitrogens with zero attached hydrogens (tertiary/aromatic N) is 1. The van der Waals surface area contributed by atoms with Crippen LogP contribution in [0.2, 0.25) is 0 Å². The van der Waals surface area contributed by atoms with Crippen molar-refractivity contribution in [3.8, 4) is 0 Å². The molecule has 0 saturated carbocycles. The number of benzene rings is 1. The number of rotatable bonds is 6. The third-order valence-electron chi connectivity index (χ3n) is 3.46. The van der Waals surface area contributed by atoms with Crippen LogP contribution < -0.4 is 10.6 Å². The Balaban J connectivity index is 1.61. The molecule has 0 aliphatic carbocycles. The SMILES string of the molecule is CN(C)[C@@H]1NC[C@@H]1CCNCc1ccccc1. The van der Waals surface area contributed by atoms with Gasteiger partial charge in [-0.15, -0.1) is 0 Å². The molecule has 2 N–H and O–H groups in total. The standard InChI is InChI=1S/C14H23N3/c1-17(2)14-13(11-16-14)8-9-15-10-12-6-4-3-5-7-12/h3-7,13-16H,8-11H2,1-2H3/t13-,14-/m0/s1. The van der Waals surface area contributed by atoms with Gasteiger partial charge in [-0.05, 0) is 32.6 Å². The molecule has 0 aromatic heterocycles. The largest absolute Gasteiger partial charge is 0.313 e. The van der Waals surface area contributed by atoms with Crippen molar-refractivity contribution in [3.63, 3.8) is 0 Å². The van der Waals surface area contributed by atoms with Crippen molar-refractivity contribution in [2.24, 2.45) is 5.92 Å². The van der Waals surface area contributed by atoms with Gasteiger partial charge in [0.15, 0.2) is 0 Å². The van der Waals surface area contributed by atoms with Gasteiger partial charge in [0.1, 0.15) is 0 Å². The second-order valence-electron chi connectivity index (χ2n) is 5.03. The molecule has 94 valence electrons. The molecule has 1 aromatic rings. The van der Waals surface area contributed by atoms with Crippen molar-refractivity contribution in [2.75, 3.05) is 27.2 Å². The zero-order chi connectivity index (χ0) is 12.1. The van der Waals surface area contributed by atoms with E-state index in [0.717, 1.165) is 25.6 Å². The minimum Gasteiger partial charge on any atom is -0.313 e. The highest BCUT2D eigenvalue weighted by atomic mass is 15.3. The second kappa shape index (κ2) is 6.15. The third kappa shape index (κ3) is 3.53. The molecule has 3 nitrogen and oxygen atoms in total. The first-order valence-corrected chi connectivity index (χ1v) is 6.42. The normalized spacial score (nSPS) is 23.7. The lowest BCUT2D eigenvalue weighted by Crippen LogP contribution is -2.60. The first-order chi connectivity index (χ1) is 8.27. The Hall–Kier alpha value is -0.900. The Bertz CT molecular complexity index is 323. The Morgan fingerprint density at radius 2 is 2.06 bits per heavy atom. The zero-order valence-corrected chi connectivity index (χ0v) is 10.8. The van der Waals surface area contributed by atoms with Gasteiger partial charge in [0.25, 0.3) is 0 Å². The minimum atomic E-state index is 0.577. The predicted octanol–water partition coefficient (Wildman–Crippen LogP) is 1.27. The number of hydrogen-bond donors (Lipinski definition) is 2. The van der Waals surface area contributed by atoms with Gasteiger partial charge < -0.3 is 10.6 Å². The van der Waals surface area contributed by atoms with E-state index in [4.69, 9.17) is 0 Å². The molecule has 0 unspecified atom stereocenters. The molecule has 2 atom stereocenters. The van der Waals surface area contributed by atoms with Gasteiger partial charge >= 0.3 is 0 Å². The second-order valence-corrected chi connectivity index (χ2v) is 5.03. The minimum absolute atomic E-state index is 0.577. The van der Waals surface area contributed by atoms with E-state index in [-0.39, 0.29) is 0 Å². The quantitative estimate of drug-likeness (QED) is 0.725. The van der Waals surface area contributed by atoms with Crippen LogP contribution in [-0.4, -0.2) is 38.3 Å². The summed E-state index contributed by atoms with van der Waals surface area (Å²) in [6.45, 7) is 3.25. The predicted molar refractivity (Wildman–Crippen MR) is 71.7 cm³/mol. The van der Waals surface area contributed by atoms with Gasteiger partial charge in [-0.25, -0.2) is 0 Å². The Labute approximate surface area is 104 Å². The molecule has 1 aliphatic rings. The number of hydrogen-bond acceptors (Lipinski definition) is 3. The molecular formula is C14H23N3. The highest BCUT2D eigenvalue weighted by Crippen LogP contribution is 2.18. The maximum atomic E-state index is 3.51. The van der Waals surface area contributed by atoms with Crippen molar-refractivity contribution in [1.29, 1.82) is 0 Å². The molecule has 0 bridgehead atoms. The summed E-state index contributed by atoms with van der Waals surface area (Å²) in [5.41, 5.74) is 1.36. The Morgan fingerprint density at radius 1 is 1.29 bits per heavy atom. The monoisotopic (exact) mass is 233 g/mol. The maximum absolute atomic E-state index is 3.51. The fraction of sp³-hybridized carbons (Fsp3) is 0.571. The average molecular weight is 233 g/mol. The van der Waals surface area contributed by atoms with Crippen LogP contribution in [0.1, 0.15) is 12.0 Å². The molecular weight excluding hydrogens is 210 g/mol. The van der Waals surface area contributed by atoms with Crippen LogP contribution in [0.5, 0.6) is 0 Å². The van der Waals surface area contributed by atoms with Crippen LogP contribution in [0.4, 0.5) is 0 Å². The van der Waals surface area contributed by atoms with E-state index in [2.05, 4.69) is 60.0 Å². The Kier molecular flexibility index (Phi) is 4.54. The Morgan fingerprint density at radius 3 is 2.65 bits per heavy atom. The lowest BCUT2D eigenvalue weighted by molar-refractivity contribution is 0.0827. The first kappa shape index (κ1) is 12.6. The molecule has 2 rings (SSSR count). The smallest absolute Gasteiger partial charge is 0.0634 e. The van der Waals surface area contributed by atoms with E-state index >= 15 is 0 Å². The first-order valence-electron chi connectivity index (χ1n) is 6.42. The fourth-order valence-electron chi connectivity index (χ4n) is 2.37. The highest BCUT2D eigenvalue weighted by molar-refractivity contribution is 5.14. The summed E-state index contributed by atoms with van der Waals surface area (Å²) >= 11 is 0. The van der Waals surface area contributed by atoms with E-state index in [1.165, 1.54) is 12.0 Å². The zero-order valence-electron chi connectivity index (χ0n) is 10.8. The van der Waals surface area contributed by atoms with E-state index in [0.29, 0.717) is 6.17 Å². The van der Waals surface area contributed by atoms with E-state index in [9.17, 15) is 0 Å². The summed E-state index contributed by atoms with van der Waals surface area (Å²) in [6, 6.07) is 10.6. The van der Waals surface area contributed by atoms with Gasteiger partial charge in [0, 0.05) is 19.0 Å². The number of nitrogens with one attached hydrogen (secondary N) is 2. The topological polar surface area (TPSA) is 27.3 Å². The van der Waals surface area contributed by atoms with Gasteiger partial charge in [0.05, 0.1) is 6.17 Å². The van der Waals surface area contributed by atoms with Crippen LogP contribution in [0.3, 0.4) is 0 Å². The summed E-state index contributed by atoms with van der Waals surface area (Å²) in [7, 11) is 4.28. The van der Waals surface area contributed by atoms with Crippen LogP contribution in [0.15, 0.2) is 30.3 Å². The molecule has 1 heterocycles. The molecule has 1 aliphatic heterocycles. The highest BCUT2D eigenvalue weighted by Gasteiger charge is 2.30. The molecule has 0 spiro atoms. The molecule has 0 radical (unpaired) electrons. The van der Waals surface area contributed by atoms with E-state index in [1.54, 1.807) is 0 Å². The van der Waals surface area contributed by atoms with Gasteiger partial charge in [-0.2, -0.15) is 0 Å². The van der Waals surface area contributed by atoms with Crippen LogP contribution in [0, 0.1) is 5.92 Å². The fourth-order valence-corrected chi connectivity index (χ4v) is 2.37. The van der Waals surface area contributed by atoms with Crippen molar-refractivity contribution in [1.82, 2.24) is 15.5 Å². The van der Waals surface area contributed by atoms with Crippen LogP contribution in [0.25, 0.3) is 0 Å². The van der Waals surface area contributed by atoms with Gasteiger partial charge in [-0.1, -0.05) is 30.3 Å². The lowest BCUT2D eigenvalue weighted by Gasteiger charge is -2.42. The summed E-state index contributed by atoms with van der Waals surface area (Å²) < 4.78 is 0. The summed E-state index contributed by atoms with van der Waals surface area (Å²) in [6.07, 6.45) is 1.83. The maximum Gasteiger partial charge on any atom is 0.0634 e. The molecule has 3 heteroatoms. The lowest BCUT2D eigenvalue weighted by atomic mass is 9.94. The molecule has 0 amide bonds. The molecule has 1 fully saturated rings.